The fourth-order valence-electron chi connectivity index (χ4n) is 6.47. The van der Waals surface area contributed by atoms with E-state index in [1.165, 1.54) is 24.3 Å². The third-order valence-corrected chi connectivity index (χ3v) is 7.76. The van der Waals surface area contributed by atoms with Gasteiger partial charge in [0.2, 0.25) is 17.7 Å². The van der Waals surface area contributed by atoms with Gasteiger partial charge >= 0.3 is 0 Å². The first-order chi connectivity index (χ1) is 15.9. The lowest BCUT2D eigenvalue weighted by Gasteiger charge is -2.36. The number of aryl methyl sites for hydroxylation is 1. The molecule has 2 aromatic rings. The maximum absolute atomic E-state index is 13.9. The van der Waals surface area contributed by atoms with Crippen molar-refractivity contribution in [2.45, 2.75) is 37.8 Å². The van der Waals surface area contributed by atoms with E-state index >= 15 is 0 Å². The number of anilines is 2. The Morgan fingerprint density at radius 2 is 1.97 bits per heavy atom. The highest BCUT2D eigenvalue weighted by Crippen LogP contribution is 2.60. The number of benzene rings is 2. The van der Waals surface area contributed by atoms with E-state index < -0.39 is 28.2 Å². The summed E-state index contributed by atoms with van der Waals surface area (Å²) in [7, 11) is 0. The number of amides is 3. The predicted molar refractivity (Wildman–Crippen MR) is 118 cm³/mol. The van der Waals surface area contributed by atoms with Crippen LogP contribution in [0.25, 0.3) is 0 Å². The van der Waals surface area contributed by atoms with Crippen LogP contribution in [0.3, 0.4) is 0 Å². The van der Waals surface area contributed by atoms with Crippen LogP contribution in [0.4, 0.5) is 17.1 Å². The Hall–Kier alpha value is -3.59. The number of nitrogens with one attached hydrogen (secondary N) is 1. The van der Waals surface area contributed by atoms with E-state index in [0.29, 0.717) is 12.2 Å². The maximum atomic E-state index is 13.9. The Balaban J connectivity index is 1.54. The van der Waals surface area contributed by atoms with Crippen molar-refractivity contribution in [2.24, 2.45) is 11.8 Å². The van der Waals surface area contributed by atoms with Crippen molar-refractivity contribution in [3.63, 3.8) is 0 Å². The number of nitrogens with zero attached hydrogens (tertiary/aromatic N) is 3. The Bertz CT molecular complexity index is 1260. The van der Waals surface area contributed by atoms with Crippen LogP contribution >= 0.6 is 0 Å². The molecule has 9 nitrogen and oxygen atoms in total. The standard InChI is InChI=1S/C24H22N4O5/c1-2-13-8-9-17-16(11-13)24(23(31)25-17)20-19(18-7-4-10-26(18)24)21(29)27(22(20)30)14-5-3-6-15(12-14)28(32)33/h3,5-6,8-9,11-12,18-20H,2,4,7,10H2,1H3,(H,25,31)/t18-,19-,20-,24+/m0/s1. The molecule has 4 aliphatic heterocycles. The lowest BCUT2D eigenvalue weighted by molar-refractivity contribution is -0.384. The van der Waals surface area contributed by atoms with E-state index in [1.807, 2.05) is 25.1 Å². The second kappa shape index (κ2) is 6.71. The van der Waals surface area contributed by atoms with Gasteiger partial charge in [-0.25, -0.2) is 4.90 Å². The van der Waals surface area contributed by atoms with Crippen molar-refractivity contribution in [3.8, 4) is 0 Å². The average molecular weight is 446 g/mol. The van der Waals surface area contributed by atoms with Gasteiger partial charge in [0.15, 0.2) is 0 Å². The molecule has 0 unspecified atom stereocenters. The zero-order valence-corrected chi connectivity index (χ0v) is 18.0. The van der Waals surface area contributed by atoms with E-state index in [4.69, 9.17) is 0 Å². The minimum absolute atomic E-state index is 0.175. The highest BCUT2D eigenvalue weighted by Gasteiger charge is 2.74. The Labute approximate surface area is 189 Å². The normalized spacial score (nSPS) is 30.0. The third kappa shape index (κ3) is 2.37. The molecule has 9 heteroatoms. The molecule has 3 amide bonds. The molecule has 168 valence electrons. The summed E-state index contributed by atoms with van der Waals surface area (Å²) in [4.78, 5) is 55.1. The molecule has 0 radical (unpaired) electrons. The lowest BCUT2D eigenvalue weighted by Crippen LogP contribution is -2.54. The van der Waals surface area contributed by atoms with Crippen LogP contribution in [0.1, 0.15) is 30.9 Å². The van der Waals surface area contributed by atoms with Gasteiger partial charge < -0.3 is 5.32 Å². The fourth-order valence-corrected chi connectivity index (χ4v) is 6.47. The summed E-state index contributed by atoms with van der Waals surface area (Å²) < 4.78 is 0. The number of fused-ring (bicyclic) bond motifs is 7. The van der Waals surface area contributed by atoms with E-state index in [1.54, 1.807) is 0 Å². The minimum atomic E-state index is -1.24. The number of hydrogen-bond donors (Lipinski definition) is 1. The van der Waals surface area contributed by atoms with Gasteiger partial charge in [-0.15, -0.1) is 0 Å². The predicted octanol–water partition coefficient (Wildman–Crippen LogP) is 2.59. The fraction of sp³-hybridized carbons (Fsp3) is 0.375. The minimum Gasteiger partial charge on any atom is -0.324 e. The van der Waals surface area contributed by atoms with Crippen molar-refractivity contribution < 1.29 is 19.3 Å². The van der Waals surface area contributed by atoms with Crippen LogP contribution in [-0.2, 0) is 26.3 Å². The van der Waals surface area contributed by atoms with Crippen LogP contribution in [-0.4, -0.2) is 40.1 Å². The number of nitro benzene ring substituents is 1. The smallest absolute Gasteiger partial charge is 0.271 e. The average Bonchev–Trinajstić information content (AvgIpc) is 3.51. The molecule has 4 heterocycles. The van der Waals surface area contributed by atoms with Crippen LogP contribution in [0.5, 0.6) is 0 Å². The molecule has 2 aromatic carbocycles. The summed E-state index contributed by atoms with van der Waals surface area (Å²) in [5.74, 6) is -2.66. The molecule has 0 bridgehead atoms. The van der Waals surface area contributed by atoms with Gasteiger partial charge in [-0.1, -0.05) is 25.1 Å². The number of hydrogen-bond acceptors (Lipinski definition) is 6. The monoisotopic (exact) mass is 446 g/mol. The summed E-state index contributed by atoms with van der Waals surface area (Å²) in [5.41, 5.74) is 1.23. The van der Waals surface area contributed by atoms with Gasteiger partial charge in [-0.3, -0.25) is 29.4 Å². The van der Waals surface area contributed by atoms with Gasteiger partial charge in [0.25, 0.3) is 5.69 Å². The van der Waals surface area contributed by atoms with Crippen molar-refractivity contribution in [1.29, 1.82) is 0 Å². The van der Waals surface area contributed by atoms with Crippen LogP contribution in [0, 0.1) is 22.0 Å². The summed E-state index contributed by atoms with van der Waals surface area (Å²) in [6, 6.07) is 11.2. The molecule has 4 atom stereocenters. The molecule has 0 aromatic heterocycles. The zero-order chi connectivity index (χ0) is 23.1. The number of non-ortho nitro benzene ring substituents is 1. The molecule has 1 N–H and O–H groups in total. The molecule has 0 saturated carbocycles. The Morgan fingerprint density at radius 3 is 2.73 bits per heavy atom. The molecule has 4 aliphatic rings. The van der Waals surface area contributed by atoms with Gasteiger partial charge in [0.05, 0.1) is 22.4 Å². The highest BCUT2D eigenvalue weighted by atomic mass is 16.6. The molecule has 3 fully saturated rings. The number of carbonyl (C=O) groups excluding carboxylic acids is 3. The molecular weight excluding hydrogens is 424 g/mol. The summed E-state index contributed by atoms with van der Waals surface area (Å²) >= 11 is 0. The van der Waals surface area contributed by atoms with E-state index in [0.717, 1.165) is 35.3 Å². The largest absolute Gasteiger partial charge is 0.324 e. The second-order valence-electron chi connectivity index (χ2n) is 9.15. The highest BCUT2D eigenvalue weighted by molar-refractivity contribution is 6.26. The molecule has 0 aliphatic carbocycles. The molecule has 1 spiro atoms. The number of nitro groups is 1. The maximum Gasteiger partial charge on any atom is 0.271 e. The summed E-state index contributed by atoms with van der Waals surface area (Å²) in [6.07, 6.45) is 2.34. The Morgan fingerprint density at radius 1 is 1.15 bits per heavy atom. The first-order valence-electron chi connectivity index (χ1n) is 11.2. The molecule has 3 saturated heterocycles. The number of carbonyl (C=O) groups is 3. The quantitative estimate of drug-likeness (QED) is 0.441. The molecular formula is C24H22N4O5. The molecule has 33 heavy (non-hydrogen) atoms. The van der Waals surface area contributed by atoms with Crippen LogP contribution in [0.15, 0.2) is 42.5 Å². The van der Waals surface area contributed by atoms with Gasteiger partial charge in [-0.2, -0.15) is 0 Å². The number of imide groups is 1. The van der Waals surface area contributed by atoms with Crippen LogP contribution in [0.2, 0.25) is 0 Å². The first-order valence-corrected chi connectivity index (χ1v) is 11.2. The van der Waals surface area contributed by atoms with Gasteiger partial charge in [-0.05, 0) is 43.5 Å². The zero-order valence-electron chi connectivity index (χ0n) is 18.0. The summed E-state index contributed by atoms with van der Waals surface area (Å²) in [5, 5.41) is 14.2. The lowest BCUT2D eigenvalue weighted by atomic mass is 9.75. The number of rotatable bonds is 3. The van der Waals surface area contributed by atoms with E-state index in [2.05, 4.69) is 10.2 Å². The first kappa shape index (κ1) is 20.0. The third-order valence-electron chi connectivity index (χ3n) is 7.76. The Kier molecular flexibility index (Phi) is 4.08. The topological polar surface area (TPSA) is 113 Å². The van der Waals surface area contributed by atoms with Crippen molar-refractivity contribution in [2.75, 3.05) is 16.8 Å². The molecule has 6 rings (SSSR count). The van der Waals surface area contributed by atoms with Gasteiger partial charge in [0.1, 0.15) is 5.54 Å². The van der Waals surface area contributed by atoms with Crippen molar-refractivity contribution in [1.82, 2.24) is 4.90 Å². The second-order valence-corrected chi connectivity index (χ2v) is 9.15. The van der Waals surface area contributed by atoms with Gasteiger partial charge in [0, 0.05) is 29.4 Å². The van der Waals surface area contributed by atoms with E-state index in [-0.39, 0.29) is 29.2 Å². The van der Waals surface area contributed by atoms with E-state index in [9.17, 15) is 24.5 Å². The SMILES string of the molecule is CCc1ccc2c(c1)[C@]1(C(=O)N2)[C@@H]2C(=O)N(c3cccc([N+](=O)[O-])c3)C(=O)[C@H]2[C@@H]2CCCN21. The summed E-state index contributed by atoms with van der Waals surface area (Å²) in [6.45, 7) is 2.67. The van der Waals surface area contributed by atoms with Crippen molar-refractivity contribution in [3.05, 3.63) is 63.7 Å². The van der Waals surface area contributed by atoms with Crippen LogP contribution < -0.4 is 10.2 Å². The van der Waals surface area contributed by atoms with Crippen molar-refractivity contribution >= 4 is 34.8 Å².